The lowest BCUT2D eigenvalue weighted by Gasteiger charge is -2.23. The van der Waals surface area contributed by atoms with E-state index in [0.717, 1.165) is 16.7 Å². The molecule has 1 aliphatic rings. The maximum absolute atomic E-state index is 4.74. The lowest BCUT2D eigenvalue weighted by atomic mass is 9.81. The molecule has 172 valence electrons. The minimum atomic E-state index is 1.03. The fourth-order valence-electron chi connectivity index (χ4n) is 6.05. The SMILES string of the molecule is c1ccc2c(c1)-c1ccccc1-c1ccc(-n3c4ccccc4c4ncccc43)cc1-c1ccccc1-2. The van der Waals surface area contributed by atoms with Crippen LogP contribution in [0.2, 0.25) is 0 Å². The monoisotopic (exact) mass is 470 g/mol. The Morgan fingerprint density at radius 1 is 0.405 bits per heavy atom. The number of para-hydroxylation sites is 1. The summed E-state index contributed by atoms with van der Waals surface area (Å²) < 4.78 is 2.35. The molecule has 7 aromatic rings. The number of rotatable bonds is 1. The zero-order valence-electron chi connectivity index (χ0n) is 20.1. The number of fused-ring (bicyclic) bond motifs is 11. The summed E-state index contributed by atoms with van der Waals surface area (Å²) >= 11 is 0. The van der Waals surface area contributed by atoms with Gasteiger partial charge in [-0.05, 0) is 74.8 Å². The van der Waals surface area contributed by atoms with Crippen molar-refractivity contribution in [2.24, 2.45) is 0 Å². The van der Waals surface area contributed by atoms with E-state index in [1.54, 1.807) is 0 Å². The van der Waals surface area contributed by atoms with Crippen molar-refractivity contribution in [2.45, 2.75) is 0 Å². The maximum Gasteiger partial charge on any atom is 0.0963 e. The quantitative estimate of drug-likeness (QED) is 0.234. The van der Waals surface area contributed by atoms with Gasteiger partial charge in [0.25, 0.3) is 0 Å². The molecule has 2 nitrogen and oxygen atoms in total. The molecule has 0 radical (unpaired) electrons. The number of benzene rings is 5. The molecule has 37 heavy (non-hydrogen) atoms. The summed E-state index contributed by atoms with van der Waals surface area (Å²) in [4.78, 5) is 4.74. The molecule has 0 aliphatic heterocycles. The summed E-state index contributed by atoms with van der Waals surface area (Å²) in [6.07, 6.45) is 1.88. The standard InChI is InChI=1S/C35H22N2/c1-2-11-25-24(10-1)26-12-3-4-14-28(26)30-20-19-23(22-32(30)29-15-6-5-13-27(25)29)37-33-17-8-7-16-31(33)35-34(37)18-9-21-36-35/h1-22H. The summed E-state index contributed by atoms with van der Waals surface area (Å²) in [6, 6.07) is 46.0. The molecule has 0 amide bonds. The van der Waals surface area contributed by atoms with Gasteiger partial charge in [-0.3, -0.25) is 4.98 Å². The van der Waals surface area contributed by atoms with Crippen molar-refractivity contribution < 1.29 is 0 Å². The van der Waals surface area contributed by atoms with E-state index < -0.39 is 0 Å². The van der Waals surface area contributed by atoms with Crippen molar-refractivity contribution in [3.63, 3.8) is 0 Å². The van der Waals surface area contributed by atoms with Gasteiger partial charge in [-0.2, -0.15) is 0 Å². The van der Waals surface area contributed by atoms with Gasteiger partial charge in [0.15, 0.2) is 0 Å². The third kappa shape index (κ3) is 2.90. The molecule has 0 fully saturated rings. The minimum absolute atomic E-state index is 1.03. The zero-order chi connectivity index (χ0) is 24.3. The smallest absolute Gasteiger partial charge is 0.0963 e. The second-order valence-corrected chi connectivity index (χ2v) is 9.59. The summed E-state index contributed by atoms with van der Waals surface area (Å²) in [6.45, 7) is 0. The van der Waals surface area contributed by atoms with E-state index in [1.165, 1.54) is 55.4 Å². The van der Waals surface area contributed by atoms with Gasteiger partial charge in [-0.25, -0.2) is 0 Å². The van der Waals surface area contributed by atoms with Crippen molar-refractivity contribution >= 4 is 21.9 Å². The van der Waals surface area contributed by atoms with Crippen LogP contribution in [0.3, 0.4) is 0 Å². The molecule has 2 aromatic heterocycles. The van der Waals surface area contributed by atoms with Crippen LogP contribution in [0.25, 0.3) is 72.1 Å². The van der Waals surface area contributed by atoms with Crippen LogP contribution in [-0.4, -0.2) is 9.55 Å². The Labute approximate surface area is 215 Å². The van der Waals surface area contributed by atoms with Crippen molar-refractivity contribution in [2.75, 3.05) is 0 Å². The van der Waals surface area contributed by atoms with E-state index in [1.807, 2.05) is 12.3 Å². The Bertz CT molecular complexity index is 1930. The van der Waals surface area contributed by atoms with Crippen LogP contribution in [0.15, 0.2) is 134 Å². The highest BCUT2D eigenvalue weighted by atomic mass is 15.0. The minimum Gasteiger partial charge on any atom is -0.308 e. The normalized spacial score (nSPS) is 11.8. The van der Waals surface area contributed by atoms with Crippen molar-refractivity contribution in [3.05, 3.63) is 134 Å². The third-order valence-electron chi connectivity index (χ3n) is 7.63. The third-order valence-corrected chi connectivity index (χ3v) is 7.63. The molecule has 0 unspecified atom stereocenters. The van der Waals surface area contributed by atoms with Gasteiger partial charge in [0.2, 0.25) is 0 Å². The lowest BCUT2D eigenvalue weighted by Crippen LogP contribution is -1.99. The molecule has 0 atom stereocenters. The fraction of sp³-hybridized carbons (Fsp3) is 0. The second kappa shape index (κ2) is 7.78. The van der Waals surface area contributed by atoms with Gasteiger partial charge in [-0.1, -0.05) is 97.1 Å². The highest BCUT2D eigenvalue weighted by molar-refractivity contribution is 6.08. The first-order chi connectivity index (χ1) is 18.4. The Morgan fingerprint density at radius 3 is 1.51 bits per heavy atom. The van der Waals surface area contributed by atoms with Crippen molar-refractivity contribution in [3.8, 4) is 50.2 Å². The van der Waals surface area contributed by atoms with Crippen LogP contribution in [-0.2, 0) is 0 Å². The molecule has 0 saturated heterocycles. The Kier molecular flexibility index (Phi) is 4.26. The molecule has 2 heterocycles. The second-order valence-electron chi connectivity index (χ2n) is 9.59. The van der Waals surface area contributed by atoms with Crippen LogP contribution in [0.5, 0.6) is 0 Å². The number of pyridine rings is 1. The predicted molar refractivity (Wildman–Crippen MR) is 154 cm³/mol. The highest BCUT2D eigenvalue weighted by Gasteiger charge is 2.22. The van der Waals surface area contributed by atoms with Crippen LogP contribution < -0.4 is 0 Å². The van der Waals surface area contributed by atoms with E-state index in [9.17, 15) is 0 Å². The van der Waals surface area contributed by atoms with Crippen molar-refractivity contribution in [1.82, 2.24) is 9.55 Å². The molecule has 0 N–H and O–H groups in total. The number of nitrogens with zero attached hydrogens (tertiary/aromatic N) is 2. The molecule has 0 saturated carbocycles. The number of hydrogen-bond acceptors (Lipinski definition) is 1. The topological polar surface area (TPSA) is 17.8 Å². The molecule has 8 rings (SSSR count). The van der Waals surface area contributed by atoms with Crippen molar-refractivity contribution in [1.29, 1.82) is 0 Å². The maximum atomic E-state index is 4.74. The fourth-order valence-corrected chi connectivity index (χ4v) is 6.05. The molecule has 1 aliphatic carbocycles. The summed E-state index contributed by atoms with van der Waals surface area (Å²) in [7, 11) is 0. The van der Waals surface area contributed by atoms with Gasteiger partial charge in [0.05, 0.1) is 16.6 Å². The molecule has 0 bridgehead atoms. The summed E-state index contributed by atoms with van der Waals surface area (Å²) in [5.74, 6) is 0. The predicted octanol–water partition coefficient (Wildman–Crippen LogP) is 9.16. The molecule has 2 heteroatoms. The van der Waals surface area contributed by atoms with Crippen LogP contribution in [0, 0.1) is 0 Å². The number of hydrogen-bond donors (Lipinski definition) is 0. The lowest BCUT2D eigenvalue weighted by molar-refractivity contribution is 1.18. The van der Waals surface area contributed by atoms with E-state index in [0.29, 0.717) is 0 Å². The highest BCUT2D eigenvalue weighted by Crippen LogP contribution is 2.48. The Morgan fingerprint density at radius 2 is 0.892 bits per heavy atom. The Balaban J connectivity index is 1.49. The van der Waals surface area contributed by atoms with Crippen LogP contribution in [0.1, 0.15) is 0 Å². The largest absolute Gasteiger partial charge is 0.308 e. The summed E-state index contributed by atoms with van der Waals surface area (Å²) in [5.41, 5.74) is 14.5. The van der Waals surface area contributed by atoms with Gasteiger partial charge < -0.3 is 4.57 Å². The first-order valence-corrected chi connectivity index (χ1v) is 12.7. The van der Waals surface area contributed by atoms with Crippen LogP contribution >= 0.6 is 0 Å². The number of aromatic nitrogens is 2. The van der Waals surface area contributed by atoms with Gasteiger partial charge >= 0.3 is 0 Å². The van der Waals surface area contributed by atoms with E-state index >= 15 is 0 Å². The van der Waals surface area contributed by atoms with E-state index in [4.69, 9.17) is 4.98 Å². The molecule has 5 aromatic carbocycles. The molecule has 0 spiro atoms. The molecular formula is C35H22N2. The van der Waals surface area contributed by atoms with Gasteiger partial charge in [0.1, 0.15) is 0 Å². The van der Waals surface area contributed by atoms with Gasteiger partial charge in [-0.15, -0.1) is 0 Å². The van der Waals surface area contributed by atoms with E-state index in [2.05, 4.69) is 126 Å². The van der Waals surface area contributed by atoms with Gasteiger partial charge in [0, 0.05) is 17.3 Å². The average molecular weight is 471 g/mol. The first kappa shape index (κ1) is 20.3. The zero-order valence-corrected chi connectivity index (χ0v) is 20.1. The Hall–Kier alpha value is -4.95. The molecular weight excluding hydrogens is 448 g/mol. The summed E-state index contributed by atoms with van der Waals surface area (Å²) in [5, 5.41) is 1.17. The first-order valence-electron chi connectivity index (χ1n) is 12.7. The van der Waals surface area contributed by atoms with Crippen LogP contribution in [0.4, 0.5) is 0 Å². The average Bonchev–Trinajstić information content (AvgIpc) is 3.31. The van der Waals surface area contributed by atoms with E-state index in [-0.39, 0.29) is 0 Å².